The Bertz CT molecular complexity index is 1080. The molecule has 0 aliphatic rings. The minimum atomic E-state index is -1.37. The molecular formula is C26H28F2NNaO4. The van der Waals surface area contributed by atoms with E-state index in [0.29, 0.717) is 6.54 Å². The standard InChI is InChI=1S/C26H29F2NO4.Na/c1-16(2)24-15-23(17-3-7-19(27)8-4-17)26(18-5-9-20(28)10-6-18)29(24)12-11-21(30)13-22(31)14-25(32)33;/h3-10,15-16,21-22,30-31H,11-14H2,1-2H3,(H,32,33);/q;+1/p-1/t21-,22-;/m1./s1. The second-order valence-corrected chi connectivity index (χ2v) is 8.56. The maximum Gasteiger partial charge on any atom is 1.00 e. The number of carboxylic acid groups (broad SMARTS) is 1. The number of aliphatic carboxylic acids is 1. The molecule has 0 radical (unpaired) electrons. The van der Waals surface area contributed by atoms with Gasteiger partial charge in [-0.3, -0.25) is 0 Å². The third-order valence-electron chi connectivity index (χ3n) is 5.63. The topological polar surface area (TPSA) is 85.5 Å². The van der Waals surface area contributed by atoms with E-state index in [2.05, 4.69) is 0 Å². The van der Waals surface area contributed by atoms with E-state index in [-0.39, 0.29) is 60.0 Å². The average molecular weight is 479 g/mol. The fraction of sp³-hybridized carbons (Fsp3) is 0.346. The van der Waals surface area contributed by atoms with E-state index in [4.69, 9.17) is 0 Å². The number of carbonyl (C=O) groups is 1. The second-order valence-electron chi connectivity index (χ2n) is 8.56. The Hall–Kier alpha value is -2.03. The van der Waals surface area contributed by atoms with Crippen molar-refractivity contribution in [3.8, 4) is 22.4 Å². The number of nitrogens with zero attached hydrogens (tertiary/aromatic N) is 1. The Balaban J connectivity index is 0.00000408. The summed E-state index contributed by atoms with van der Waals surface area (Å²) in [7, 11) is 0. The van der Waals surface area contributed by atoms with Gasteiger partial charge in [-0.2, -0.15) is 0 Å². The van der Waals surface area contributed by atoms with Gasteiger partial charge >= 0.3 is 29.6 Å². The maximum absolute atomic E-state index is 13.6. The molecule has 0 aliphatic carbocycles. The van der Waals surface area contributed by atoms with Crippen LogP contribution in [-0.4, -0.2) is 33.0 Å². The number of halogens is 2. The van der Waals surface area contributed by atoms with Gasteiger partial charge in [-0.25, -0.2) is 8.78 Å². The van der Waals surface area contributed by atoms with E-state index in [1.807, 2.05) is 24.5 Å². The first-order chi connectivity index (χ1) is 15.7. The summed E-state index contributed by atoms with van der Waals surface area (Å²) >= 11 is 0. The monoisotopic (exact) mass is 479 g/mol. The summed E-state index contributed by atoms with van der Waals surface area (Å²) in [5.74, 6) is -1.95. The van der Waals surface area contributed by atoms with E-state index < -0.39 is 24.6 Å². The van der Waals surface area contributed by atoms with E-state index in [1.165, 1.54) is 24.3 Å². The predicted octanol–water partition coefficient (Wildman–Crippen LogP) is 0.870. The third kappa shape index (κ3) is 7.23. The quantitative estimate of drug-likeness (QED) is 0.423. The predicted molar refractivity (Wildman–Crippen MR) is 120 cm³/mol. The molecule has 0 spiro atoms. The fourth-order valence-corrected chi connectivity index (χ4v) is 4.04. The molecular weight excluding hydrogens is 451 g/mol. The van der Waals surface area contributed by atoms with E-state index in [0.717, 1.165) is 28.1 Å². The minimum absolute atomic E-state index is 0. The molecule has 1 aromatic heterocycles. The summed E-state index contributed by atoms with van der Waals surface area (Å²) in [6, 6.07) is 14.3. The zero-order valence-corrected chi connectivity index (χ0v) is 21.7. The summed E-state index contributed by atoms with van der Waals surface area (Å²) < 4.78 is 29.2. The second kappa shape index (κ2) is 12.6. The van der Waals surface area contributed by atoms with Gasteiger partial charge in [-0.15, -0.1) is 0 Å². The van der Waals surface area contributed by atoms with Gasteiger partial charge in [0.1, 0.15) is 11.6 Å². The van der Waals surface area contributed by atoms with Crippen LogP contribution in [0.4, 0.5) is 8.78 Å². The fourth-order valence-electron chi connectivity index (χ4n) is 4.04. The van der Waals surface area contributed by atoms with Gasteiger partial charge in [0, 0.05) is 30.2 Å². The van der Waals surface area contributed by atoms with Gasteiger partial charge in [0.25, 0.3) is 0 Å². The molecule has 34 heavy (non-hydrogen) atoms. The van der Waals surface area contributed by atoms with Crippen molar-refractivity contribution >= 4 is 5.97 Å². The van der Waals surface area contributed by atoms with Gasteiger partial charge < -0.3 is 24.7 Å². The van der Waals surface area contributed by atoms with Crippen LogP contribution in [0.2, 0.25) is 0 Å². The summed E-state index contributed by atoms with van der Waals surface area (Å²) in [5, 5.41) is 30.9. The van der Waals surface area contributed by atoms with Crippen molar-refractivity contribution in [1.82, 2.24) is 4.57 Å². The molecule has 0 fully saturated rings. The Morgan fingerprint density at radius 3 is 1.97 bits per heavy atom. The third-order valence-corrected chi connectivity index (χ3v) is 5.63. The van der Waals surface area contributed by atoms with Crippen LogP contribution >= 0.6 is 0 Å². The number of aromatic nitrogens is 1. The molecule has 1 heterocycles. The van der Waals surface area contributed by atoms with Crippen molar-refractivity contribution in [2.75, 3.05) is 0 Å². The molecule has 3 aromatic rings. The SMILES string of the molecule is CC(C)c1cc(-c2ccc(F)cc2)c(-c2ccc(F)cc2)n1CC[C@@H](O)C[C@@H](O)CC(=O)[O-].[Na+]. The van der Waals surface area contributed by atoms with Crippen LogP contribution in [0.3, 0.4) is 0 Å². The first kappa shape index (κ1) is 28.2. The Morgan fingerprint density at radius 2 is 1.47 bits per heavy atom. The number of rotatable bonds is 10. The maximum atomic E-state index is 13.6. The van der Waals surface area contributed by atoms with Crippen LogP contribution in [0, 0.1) is 11.6 Å². The molecule has 8 heteroatoms. The smallest absolute Gasteiger partial charge is 0.550 e. The van der Waals surface area contributed by atoms with Crippen LogP contribution < -0.4 is 34.7 Å². The van der Waals surface area contributed by atoms with Crippen LogP contribution in [0.5, 0.6) is 0 Å². The van der Waals surface area contributed by atoms with Crippen molar-refractivity contribution in [2.45, 2.75) is 57.8 Å². The molecule has 0 amide bonds. The Labute approximate surface area is 220 Å². The largest absolute Gasteiger partial charge is 1.00 e. The normalized spacial score (nSPS) is 12.9. The Morgan fingerprint density at radius 1 is 0.941 bits per heavy atom. The minimum Gasteiger partial charge on any atom is -0.550 e. The van der Waals surface area contributed by atoms with Gasteiger partial charge in [0.2, 0.25) is 0 Å². The molecule has 2 atom stereocenters. The Kier molecular flexibility index (Phi) is 10.5. The molecule has 3 rings (SSSR count). The molecule has 2 N–H and O–H groups in total. The first-order valence-corrected chi connectivity index (χ1v) is 11.0. The molecule has 0 aliphatic heterocycles. The van der Waals surface area contributed by atoms with Gasteiger partial charge in [0.05, 0.1) is 17.9 Å². The number of benzene rings is 2. The molecule has 176 valence electrons. The molecule has 0 bridgehead atoms. The number of aliphatic hydroxyl groups is 2. The van der Waals surface area contributed by atoms with Crippen molar-refractivity contribution in [2.24, 2.45) is 0 Å². The van der Waals surface area contributed by atoms with E-state index >= 15 is 0 Å². The van der Waals surface area contributed by atoms with Gasteiger partial charge in [-0.1, -0.05) is 26.0 Å². The van der Waals surface area contributed by atoms with E-state index in [1.54, 1.807) is 24.3 Å². The first-order valence-electron chi connectivity index (χ1n) is 11.0. The summed E-state index contributed by atoms with van der Waals surface area (Å²) in [6.07, 6.45) is -2.45. The van der Waals surface area contributed by atoms with Gasteiger partial charge in [0.15, 0.2) is 0 Å². The molecule has 0 saturated heterocycles. The van der Waals surface area contributed by atoms with Gasteiger partial charge in [-0.05, 0) is 72.4 Å². The van der Waals surface area contributed by atoms with Crippen molar-refractivity contribution < 1.29 is 58.5 Å². The molecule has 2 aromatic carbocycles. The summed E-state index contributed by atoms with van der Waals surface area (Å²) in [6.45, 7) is 4.46. The number of carboxylic acids is 1. The van der Waals surface area contributed by atoms with Crippen LogP contribution in [0.1, 0.15) is 44.7 Å². The van der Waals surface area contributed by atoms with Crippen molar-refractivity contribution in [1.29, 1.82) is 0 Å². The zero-order valence-electron chi connectivity index (χ0n) is 19.7. The molecule has 5 nitrogen and oxygen atoms in total. The number of aliphatic hydroxyl groups excluding tert-OH is 2. The zero-order chi connectivity index (χ0) is 24.1. The number of hydrogen-bond donors (Lipinski definition) is 2. The number of hydrogen-bond acceptors (Lipinski definition) is 4. The van der Waals surface area contributed by atoms with Crippen LogP contribution in [0.15, 0.2) is 54.6 Å². The molecule has 0 unspecified atom stereocenters. The van der Waals surface area contributed by atoms with Crippen LogP contribution in [-0.2, 0) is 11.3 Å². The molecule has 0 saturated carbocycles. The van der Waals surface area contributed by atoms with Crippen molar-refractivity contribution in [3.05, 3.63) is 71.9 Å². The van der Waals surface area contributed by atoms with Crippen LogP contribution in [0.25, 0.3) is 22.4 Å². The summed E-state index contributed by atoms with van der Waals surface area (Å²) in [5.41, 5.74) is 4.23. The van der Waals surface area contributed by atoms with E-state index in [9.17, 15) is 28.9 Å². The van der Waals surface area contributed by atoms with Crippen molar-refractivity contribution in [3.63, 3.8) is 0 Å². The average Bonchev–Trinajstić information content (AvgIpc) is 3.12. The number of carbonyl (C=O) groups excluding carboxylic acids is 1. The summed E-state index contributed by atoms with van der Waals surface area (Å²) in [4.78, 5) is 10.7.